The summed E-state index contributed by atoms with van der Waals surface area (Å²) < 4.78 is 2.95. The van der Waals surface area contributed by atoms with Crippen molar-refractivity contribution in [2.45, 2.75) is 52.0 Å². The monoisotopic (exact) mass is 285 g/mol. The summed E-state index contributed by atoms with van der Waals surface area (Å²) in [4.78, 5) is 0. The highest BCUT2D eigenvalue weighted by Crippen LogP contribution is 2.35. The molecule has 0 bridgehead atoms. The average Bonchev–Trinajstić information content (AvgIpc) is 2.57. The van der Waals surface area contributed by atoms with Gasteiger partial charge in [0.15, 0.2) is 0 Å². The van der Waals surface area contributed by atoms with E-state index in [0.717, 1.165) is 21.9 Å². The highest BCUT2D eigenvalue weighted by molar-refractivity contribution is 9.10. The first-order valence-corrected chi connectivity index (χ1v) is 6.90. The van der Waals surface area contributed by atoms with Gasteiger partial charge in [0, 0.05) is 0 Å². The largest absolute Gasteiger partial charge is 0.383 e. The predicted octanol–water partition coefficient (Wildman–Crippen LogP) is 3.68. The number of aromatic nitrogens is 2. The topological polar surface area (TPSA) is 43.8 Å². The lowest BCUT2D eigenvalue weighted by atomic mass is 9.84. The molecule has 1 aliphatic rings. The first kappa shape index (κ1) is 12.0. The minimum atomic E-state index is 0.422. The van der Waals surface area contributed by atoms with Crippen molar-refractivity contribution in [3.8, 4) is 0 Å². The molecule has 2 N–H and O–H groups in total. The normalized spacial score (nSPS) is 19.9. The highest BCUT2D eigenvalue weighted by Gasteiger charge is 2.24. The van der Waals surface area contributed by atoms with E-state index in [1.807, 2.05) is 11.6 Å². The summed E-state index contributed by atoms with van der Waals surface area (Å²) in [5, 5.41) is 4.53. The second-order valence-corrected chi connectivity index (χ2v) is 5.66. The van der Waals surface area contributed by atoms with Crippen molar-refractivity contribution in [3.05, 3.63) is 10.2 Å². The molecule has 1 aromatic rings. The van der Waals surface area contributed by atoms with Gasteiger partial charge in [0.1, 0.15) is 5.82 Å². The molecule has 0 radical (unpaired) electrons. The van der Waals surface area contributed by atoms with Crippen molar-refractivity contribution in [1.29, 1.82) is 0 Å². The minimum Gasteiger partial charge on any atom is -0.383 e. The van der Waals surface area contributed by atoms with E-state index >= 15 is 0 Å². The van der Waals surface area contributed by atoms with E-state index in [0.29, 0.717) is 6.04 Å². The summed E-state index contributed by atoms with van der Waals surface area (Å²) in [6.07, 6.45) is 6.74. The molecule has 1 aromatic heterocycles. The molecule has 1 heterocycles. The van der Waals surface area contributed by atoms with Crippen molar-refractivity contribution in [2.24, 2.45) is 5.92 Å². The van der Waals surface area contributed by atoms with E-state index in [2.05, 4.69) is 28.0 Å². The quantitative estimate of drug-likeness (QED) is 0.901. The summed E-state index contributed by atoms with van der Waals surface area (Å²) in [7, 11) is 0. The number of nitrogen functional groups attached to an aromatic ring is 1. The minimum absolute atomic E-state index is 0.422. The van der Waals surface area contributed by atoms with Crippen LogP contribution in [-0.4, -0.2) is 9.78 Å². The van der Waals surface area contributed by atoms with Gasteiger partial charge in [-0.15, -0.1) is 0 Å². The Labute approximate surface area is 106 Å². The molecule has 3 nitrogen and oxygen atoms in total. The van der Waals surface area contributed by atoms with Crippen LogP contribution in [0.15, 0.2) is 4.47 Å². The highest BCUT2D eigenvalue weighted by atomic mass is 79.9. The standard InChI is InChI=1S/C12H20BrN3/c1-8-11(13)12(14)16(15-8)9(2)10-6-4-3-5-7-10/h9-10H,3-7,14H2,1-2H3. The molecule has 90 valence electrons. The fraction of sp³-hybridized carbons (Fsp3) is 0.750. The lowest BCUT2D eigenvalue weighted by Crippen LogP contribution is -2.21. The fourth-order valence-corrected chi connectivity index (χ4v) is 2.93. The Morgan fingerprint density at radius 1 is 1.38 bits per heavy atom. The van der Waals surface area contributed by atoms with Crippen molar-refractivity contribution in [2.75, 3.05) is 5.73 Å². The molecule has 4 heteroatoms. The molecule has 0 spiro atoms. The lowest BCUT2D eigenvalue weighted by molar-refractivity contribution is 0.252. The second kappa shape index (κ2) is 4.78. The van der Waals surface area contributed by atoms with Gasteiger partial charge in [-0.1, -0.05) is 19.3 Å². The number of nitrogens with zero attached hydrogens (tertiary/aromatic N) is 2. The van der Waals surface area contributed by atoms with E-state index in [1.165, 1.54) is 32.1 Å². The van der Waals surface area contributed by atoms with E-state index in [9.17, 15) is 0 Å². The van der Waals surface area contributed by atoms with Gasteiger partial charge in [0.2, 0.25) is 0 Å². The van der Waals surface area contributed by atoms with Gasteiger partial charge in [-0.2, -0.15) is 5.10 Å². The maximum absolute atomic E-state index is 6.06. The number of hydrogen-bond donors (Lipinski definition) is 1. The van der Waals surface area contributed by atoms with Crippen LogP contribution in [0.25, 0.3) is 0 Å². The molecule has 1 saturated carbocycles. The molecular weight excluding hydrogens is 266 g/mol. The van der Waals surface area contributed by atoms with Gasteiger partial charge in [-0.25, -0.2) is 4.68 Å². The fourth-order valence-electron chi connectivity index (χ4n) is 2.67. The third kappa shape index (κ3) is 2.12. The predicted molar refractivity (Wildman–Crippen MR) is 70.4 cm³/mol. The Bertz CT molecular complexity index is 367. The van der Waals surface area contributed by atoms with E-state index in [1.54, 1.807) is 0 Å². The van der Waals surface area contributed by atoms with E-state index < -0.39 is 0 Å². The zero-order chi connectivity index (χ0) is 11.7. The SMILES string of the molecule is Cc1nn(C(C)C2CCCCC2)c(N)c1Br. The van der Waals surface area contributed by atoms with Gasteiger partial charge in [0.25, 0.3) is 0 Å². The van der Waals surface area contributed by atoms with Crippen LogP contribution in [0.5, 0.6) is 0 Å². The number of nitrogens with two attached hydrogens (primary N) is 1. The Morgan fingerprint density at radius 3 is 2.50 bits per heavy atom. The van der Waals surface area contributed by atoms with Crippen LogP contribution < -0.4 is 5.73 Å². The molecular formula is C12H20BrN3. The van der Waals surface area contributed by atoms with E-state index in [-0.39, 0.29) is 0 Å². The maximum atomic E-state index is 6.06. The average molecular weight is 286 g/mol. The van der Waals surface area contributed by atoms with Crippen LogP contribution in [0, 0.1) is 12.8 Å². The van der Waals surface area contributed by atoms with Gasteiger partial charge in [-0.05, 0) is 48.5 Å². The van der Waals surface area contributed by atoms with Crippen LogP contribution in [0.2, 0.25) is 0 Å². The van der Waals surface area contributed by atoms with Gasteiger partial charge < -0.3 is 5.73 Å². The number of hydrogen-bond acceptors (Lipinski definition) is 2. The van der Waals surface area contributed by atoms with Crippen LogP contribution >= 0.6 is 15.9 Å². The van der Waals surface area contributed by atoms with Gasteiger partial charge in [-0.3, -0.25) is 0 Å². The number of aryl methyl sites for hydroxylation is 1. The van der Waals surface area contributed by atoms with Crippen LogP contribution in [0.4, 0.5) is 5.82 Å². The number of rotatable bonds is 2. The van der Waals surface area contributed by atoms with Crippen molar-refractivity contribution in [1.82, 2.24) is 9.78 Å². The zero-order valence-corrected chi connectivity index (χ0v) is 11.6. The third-order valence-corrected chi connectivity index (χ3v) is 4.74. The smallest absolute Gasteiger partial charge is 0.136 e. The van der Waals surface area contributed by atoms with Crippen LogP contribution in [0.3, 0.4) is 0 Å². The molecule has 1 atom stereocenters. The van der Waals surface area contributed by atoms with Gasteiger partial charge in [0.05, 0.1) is 16.2 Å². The zero-order valence-electron chi connectivity index (χ0n) is 10.0. The van der Waals surface area contributed by atoms with Crippen molar-refractivity contribution >= 4 is 21.7 Å². The van der Waals surface area contributed by atoms with Crippen molar-refractivity contribution in [3.63, 3.8) is 0 Å². The van der Waals surface area contributed by atoms with Gasteiger partial charge >= 0.3 is 0 Å². The molecule has 1 unspecified atom stereocenters. The Hall–Kier alpha value is -0.510. The molecule has 0 aromatic carbocycles. The van der Waals surface area contributed by atoms with Crippen molar-refractivity contribution < 1.29 is 0 Å². The van der Waals surface area contributed by atoms with E-state index in [4.69, 9.17) is 5.73 Å². The molecule has 16 heavy (non-hydrogen) atoms. The first-order chi connectivity index (χ1) is 7.61. The Kier molecular flexibility index (Phi) is 3.57. The summed E-state index contributed by atoms with van der Waals surface area (Å²) in [5.74, 6) is 1.51. The number of anilines is 1. The molecule has 0 amide bonds. The second-order valence-electron chi connectivity index (χ2n) is 4.87. The Balaban J connectivity index is 2.19. The summed E-state index contributed by atoms with van der Waals surface area (Å²) in [6.45, 7) is 4.23. The summed E-state index contributed by atoms with van der Waals surface area (Å²) in [6, 6.07) is 0.422. The molecule has 0 aliphatic heterocycles. The molecule has 0 saturated heterocycles. The Morgan fingerprint density at radius 2 is 2.00 bits per heavy atom. The van der Waals surface area contributed by atoms with Crippen LogP contribution in [-0.2, 0) is 0 Å². The summed E-state index contributed by atoms with van der Waals surface area (Å²) >= 11 is 3.48. The first-order valence-electron chi connectivity index (χ1n) is 6.11. The molecule has 2 rings (SSSR count). The third-order valence-electron chi connectivity index (χ3n) is 3.76. The molecule has 1 aliphatic carbocycles. The summed E-state index contributed by atoms with van der Waals surface area (Å²) in [5.41, 5.74) is 7.05. The lowest BCUT2D eigenvalue weighted by Gasteiger charge is -2.28. The molecule has 1 fully saturated rings. The van der Waals surface area contributed by atoms with Crippen LogP contribution in [0.1, 0.15) is 50.8 Å². The maximum Gasteiger partial charge on any atom is 0.136 e. The number of halogens is 1.